The smallest absolute Gasteiger partial charge is 0.327 e. The van der Waals surface area contributed by atoms with Gasteiger partial charge in [-0.1, -0.05) is 0 Å². The summed E-state index contributed by atoms with van der Waals surface area (Å²) in [5, 5.41) is 9.28. The molecule has 0 aromatic carbocycles. The second-order valence-electron chi connectivity index (χ2n) is 4.70. The summed E-state index contributed by atoms with van der Waals surface area (Å²) < 4.78 is -0.300. The zero-order valence-corrected chi connectivity index (χ0v) is 10.8. The van der Waals surface area contributed by atoms with Gasteiger partial charge in [0.15, 0.2) is 0 Å². The largest absolute Gasteiger partial charge is 0.480 e. The fourth-order valence-electron chi connectivity index (χ4n) is 2.93. The molecule has 3 heterocycles. The van der Waals surface area contributed by atoms with E-state index in [1.54, 1.807) is 11.8 Å². The number of carbonyl (C=O) groups excluding carboxylic acids is 1. The number of nitrogens with two attached hydrogens (primary N) is 1. The number of thioether (sulfide) groups is 2. The zero-order chi connectivity index (χ0) is 12.2. The molecule has 3 fully saturated rings. The maximum absolute atomic E-state index is 11.7. The van der Waals surface area contributed by atoms with Gasteiger partial charge in [0.25, 0.3) is 0 Å². The van der Waals surface area contributed by atoms with Gasteiger partial charge in [-0.15, -0.1) is 11.8 Å². The minimum Gasteiger partial charge on any atom is -0.480 e. The molecular formula is C10H14N2O3S2. The molecular weight excluding hydrogens is 260 g/mol. The van der Waals surface area contributed by atoms with E-state index in [0.717, 1.165) is 24.3 Å². The van der Waals surface area contributed by atoms with Crippen LogP contribution >= 0.6 is 23.5 Å². The first-order valence-corrected chi connectivity index (χ1v) is 7.66. The molecule has 0 aromatic rings. The molecule has 1 amide bonds. The number of hydrogen-bond acceptors (Lipinski definition) is 5. The van der Waals surface area contributed by atoms with E-state index in [9.17, 15) is 14.7 Å². The topological polar surface area (TPSA) is 83.6 Å². The Bertz CT molecular complexity index is 384. The summed E-state index contributed by atoms with van der Waals surface area (Å²) in [4.78, 5) is 24.7. The number of amides is 1. The molecule has 3 atom stereocenters. The van der Waals surface area contributed by atoms with E-state index < -0.39 is 18.1 Å². The van der Waals surface area contributed by atoms with Gasteiger partial charge in [0, 0.05) is 0 Å². The highest BCUT2D eigenvalue weighted by molar-refractivity contribution is 8.02. The van der Waals surface area contributed by atoms with Crippen LogP contribution in [0.2, 0.25) is 0 Å². The van der Waals surface area contributed by atoms with Gasteiger partial charge < -0.3 is 15.7 Å². The lowest BCUT2D eigenvalue weighted by atomic mass is 9.89. The van der Waals surface area contributed by atoms with Crippen molar-refractivity contribution in [3.63, 3.8) is 0 Å². The predicted octanol–water partition coefficient (Wildman–Crippen LogP) is -0.0522. The second-order valence-corrected chi connectivity index (χ2v) is 7.45. The average Bonchev–Trinajstić information content (AvgIpc) is 2.62. The summed E-state index contributed by atoms with van der Waals surface area (Å²) in [5.74, 6) is 0.860. The van der Waals surface area contributed by atoms with Crippen LogP contribution in [0, 0.1) is 0 Å². The van der Waals surface area contributed by atoms with Crippen molar-refractivity contribution in [2.24, 2.45) is 5.73 Å². The maximum atomic E-state index is 11.7. The van der Waals surface area contributed by atoms with E-state index in [-0.39, 0.29) is 16.0 Å². The summed E-state index contributed by atoms with van der Waals surface area (Å²) in [6.07, 6.45) is 1.71. The van der Waals surface area contributed by atoms with Gasteiger partial charge in [-0.05, 0) is 24.3 Å². The molecule has 17 heavy (non-hydrogen) atoms. The van der Waals surface area contributed by atoms with Gasteiger partial charge in [-0.25, -0.2) is 4.79 Å². The Morgan fingerprint density at radius 3 is 2.71 bits per heavy atom. The summed E-state index contributed by atoms with van der Waals surface area (Å²) in [6, 6.07) is -1.18. The fourth-order valence-corrected chi connectivity index (χ4v) is 6.27. The Morgan fingerprint density at radius 1 is 1.47 bits per heavy atom. The third kappa shape index (κ3) is 1.45. The lowest BCUT2D eigenvalue weighted by molar-refractivity contribution is -0.159. The highest BCUT2D eigenvalue weighted by Gasteiger charge is 2.65. The molecule has 5 nitrogen and oxygen atoms in total. The molecule has 0 radical (unpaired) electrons. The Morgan fingerprint density at radius 2 is 2.12 bits per heavy atom. The molecule has 3 N–H and O–H groups in total. The number of hydrogen-bond donors (Lipinski definition) is 2. The van der Waals surface area contributed by atoms with Crippen LogP contribution in [0.1, 0.15) is 12.8 Å². The van der Waals surface area contributed by atoms with Crippen molar-refractivity contribution in [2.45, 2.75) is 35.0 Å². The van der Waals surface area contributed by atoms with E-state index in [1.165, 1.54) is 4.90 Å². The molecule has 3 aliphatic heterocycles. The lowest BCUT2D eigenvalue weighted by Crippen LogP contribution is -2.69. The second kappa shape index (κ2) is 3.80. The minimum atomic E-state index is -0.882. The van der Waals surface area contributed by atoms with Crippen LogP contribution in [0.5, 0.6) is 0 Å². The SMILES string of the molecule is NC1C(=O)N2C(C(=O)O)C3(CCSCC3)S[C@H]12. The van der Waals surface area contributed by atoms with Crippen LogP contribution in [0.4, 0.5) is 0 Å². The van der Waals surface area contributed by atoms with Crippen molar-refractivity contribution in [1.82, 2.24) is 4.90 Å². The highest BCUT2D eigenvalue weighted by atomic mass is 32.2. The zero-order valence-electron chi connectivity index (χ0n) is 9.17. The van der Waals surface area contributed by atoms with Crippen LogP contribution in [-0.2, 0) is 9.59 Å². The van der Waals surface area contributed by atoms with E-state index in [2.05, 4.69) is 0 Å². The Balaban J connectivity index is 1.94. The first-order valence-electron chi connectivity index (χ1n) is 5.63. The number of carboxylic acids is 1. The molecule has 94 valence electrons. The van der Waals surface area contributed by atoms with Gasteiger partial charge in [-0.2, -0.15) is 11.8 Å². The first kappa shape index (κ1) is 11.7. The van der Waals surface area contributed by atoms with Crippen LogP contribution < -0.4 is 5.73 Å². The number of nitrogens with zero attached hydrogens (tertiary/aromatic N) is 1. The average molecular weight is 274 g/mol. The van der Waals surface area contributed by atoms with E-state index in [4.69, 9.17) is 5.73 Å². The monoisotopic (exact) mass is 274 g/mol. The third-order valence-corrected chi connectivity index (χ3v) is 6.67. The molecule has 1 spiro atoms. The van der Waals surface area contributed by atoms with Gasteiger partial charge in [-0.3, -0.25) is 4.79 Å². The molecule has 0 aromatic heterocycles. The van der Waals surface area contributed by atoms with Crippen molar-refractivity contribution >= 4 is 35.4 Å². The number of carboxylic acid groups (broad SMARTS) is 1. The third-order valence-electron chi connectivity index (χ3n) is 3.83. The van der Waals surface area contributed by atoms with Gasteiger partial charge in [0.2, 0.25) is 5.91 Å². The van der Waals surface area contributed by atoms with Crippen molar-refractivity contribution in [3.8, 4) is 0 Å². The van der Waals surface area contributed by atoms with Crippen molar-refractivity contribution in [2.75, 3.05) is 11.5 Å². The molecule has 0 aliphatic carbocycles. The Hall–Kier alpha value is -0.400. The number of β-lactam (4-membered cyclic amide) rings is 1. The first-order chi connectivity index (χ1) is 8.07. The summed E-state index contributed by atoms with van der Waals surface area (Å²) >= 11 is 3.47. The molecule has 0 saturated carbocycles. The number of aliphatic carboxylic acids is 1. The van der Waals surface area contributed by atoms with Crippen molar-refractivity contribution < 1.29 is 14.7 Å². The standard InChI is InChI=1S/C10H14N2O3S2/c11-5-7(13)12-6(9(14)15)10(17-8(5)12)1-3-16-4-2-10/h5-6,8H,1-4,11H2,(H,14,15)/t5?,6?,8-/m1/s1. The van der Waals surface area contributed by atoms with E-state index >= 15 is 0 Å². The van der Waals surface area contributed by atoms with Crippen LogP contribution in [0.15, 0.2) is 0 Å². The van der Waals surface area contributed by atoms with Crippen LogP contribution in [0.3, 0.4) is 0 Å². The number of carbonyl (C=O) groups is 2. The molecule has 7 heteroatoms. The van der Waals surface area contributed by atoms with Crippen molar-refractivity contribution in [3.05, 3.63) is 0 Å². The number of rotatable bonds is 1. The van der Waals surface area contributed by atoms with E-state index in [1.807, 2.05) is 11.8 Å². The fraction of sp³-hybridized carbons (Fsp3) is 0.800. The highest BCUT2D eigenvalue weighted by Crippen LogP contribution is 2.55. The van der Waals surface area contributed by atoms with Crippen molar-refractivity contribution in [1.29, 1.82) is 0 Å². The van der Waals surface area contributed by atoms with Gasteiger partial charge >= 0.3 is 5.97 Å². The summed E-state index contributed by atoms with van der Waals surface area (Å²) in [5.41, 5.74) is 5.75. The maximum Gasteiger partial charge on any atom is 0.327 e. The Kier molecular flexibility index (Phi) is 2.61. The summed E-state index contributed by atoms with van der Waals surface area (Å²) in [6.45, 7) is 0. The molecule has 3 rings (SSSR count). The lowest BCUT2D eigenvalue weighted by Gasteiger charge is -2.42. The molecule has 2 unspecified atom stereocenters. The van der Waals surface area contributed by atoms with Gasteiger partial charge in [0.1, 0.15) is 17.5 Å². The minimum absolute atomic E-state index is 0.119. The normalized spacial score (nSPS) is 39.0. The predicted molar refractivity (Wildman–Crippen MR) is 66.9 cm³/mol. The molecule has 3 saturated heterocycles. The van der Waals surface area contributed by atoms with Crippen LogP contribution in [0.25, 0.3) is 0 Å². The van der Waals surface area contributed by atoms with E-state index in [0.29, 0.717) is 0 Å². The van der Waals surface area contributed by atoms with Crippen LogP contribution in [-0.4, -0.2) is 55.6 Å². The summed E-state index contributed by atoms with van der Waals surface area (Å²) in [7, 11) is 0. The molecule has 0 bridgehead atoms. The van der Waals surface area contributed by atoms with Gasteiger partial charge in [0.05, 0.1) is 4.75 Å². The number of fused-ring (bicyclic) bond motifs is 1. The Labute approximate surface area is 107 Å². The quantitative estimate of drug-likeness (QED) is 0.652. The molecule has 3 aliphatic rings.